The third-order valence-corrected chi connectivity index (χ3v) is 8.21. The number of carboxylic acid groups (broad SMARTS) is 1. The quantitative estimate of drug-likeness (QED) is 0.594. The van der Waals surface area contributed by atoms with Crippen LogP contribution in [0.25, 0.3) is 0 Å². The fraction of sp³-hybridized carbons (Fsp3) is 0.786. The van der Waals surface area contributed by atoms with Crippen molar-refractivity contribution in [2.24, 2.45) is 0 Å². The molecule has 0 aromatic carbocycles. The van der Waals surface area contributed by atoms with E-state index in [1.165, 1.54) is 4.90 Å². The van der Waals surface area contributed by atoms with Crippen molar-refractivity contribution in [2.75, 3.05) is 13.2 Å². The van der Waals surface area contributed by atoms with Gasteiger partial charge in [-0.25, -0.2) is 4.79 Å². The molecule has 5 heteroatoms. The Morgan fingerprint density at radius 2 is 1.89 bits per heavy atom. The summed E-state index contributed by atoms with van der Waals surface area (Å²) in [7, 11) is -1.83. The van der Waals surface area contributed by atoms with Crippen LogP contribution >= 0.6 is 0 Å². The van der Waals surface area contributed by atoms with E-state index in [4.69, 9.17) is 4.43 Å². The third kappa shape index (κ3) is 5.78. The fourth-order valence-electron chi connectivity index (χ4n) is 1.34. The number of hydrogen-bond donors (Lipinski definition) is 1. The highest BCUT2D eigenvalue weighted by Gasteiger charge is 2.37. The van der Waals surface area contributed by atoms with Gasteiger partial charge in [0, 0.05) is 6.54 Å². The largest absolute Gasteiger partial charge is 0.465 e. The Hall–Kier alpha value is -0.813. The zero-order valence-corrected chi connectivity index (χ0v) is 14.4. The number of carbonyl (C=O) groups is 1. The second kappa shape index (κ2) is 6.57. The third-order valence-electron chi connectivity index (χ3n) is 3.71. The topological polar surface area (TPSA) is 49.8 Å². The molecular weight excluding hydrogens is 258 g/mol. The summed E-state index contributed by atoms with van der Waals surface area (Å²) < 4.78 is 6.07. The van der Waals surface area contributed by atoms with Crippen molar-refractivity contribution < 1.29 is 14.3 Å². The zero-order chi connectivity index (χ0) is 15.4. The van der Waals surface area contributed by atoms with Crippen LogP contribution in [-0.2, 0) is 4.43 Å². The van der Waals surface area contributed by atoms with Crippen LogP contribution < -0.4 is 0 Å². The average Bonchev–Trinajstić information content (AvgIpc) is 2.20. The van der Waals surface area contributed by atoms with E-state index < -0.39 is 14.4 Å². The van der Waals surface area contributed by atoms with Crippen molar-refractivity contribution >= 4 is 14.4 Å². The molecule has 0 aliphatic rings. The molecule has 0 spiro atoms. The highest BCUT2D eigenvalue weighted by Crippen LogP contribution is 2.36. The Morgan fingerprint density at radius 3 is 2.21 bits per heavy atom. The maximum Gasteiger partial charge on any atom is 0.407 e. The van der Waals surface area contributed by atoms with E-state index in [-0.39, 0.29) is 11.1 Å². The van der Waals surface area contributed by atoms with Crippen LogP contribution in [0, 0.1) is 0 Å². The second-order valence-corrected chi connectivity index (χ2v) is 11.6. The molecule has 0 aromatic heterocycles. The van der Waals surface area contributed by atoms with Crippen LogP contribution in [0.1, 0.15) is 34.6 Å². The van der Waals surface area contributed by atoms with Gasteiger partial charge in [-0.1, -0.05) is 32.9 Å². The van der Waals surface area contributed by atoms with Crippen LogP contribution in [0.2, 0.25) is 18.1 Å². The molecule has 0 unspecified atom stereocenters. The van der Waals surface area contributed by atoms with Crippen LogP contribution in [0.5, 0.6) is 0 Å². The molecule has 0 saturated carbocycles. The van der Waals surface area contributed by atoms with Crippen molar-refractivity contribution in [3.8, 4) is 0 Å². The van der Waals surface area contributed by atoms with Crippen LogP contribution in [0.15, 0.2) is 12.2 Å². The van der Waals surface area contributed by atoms with Gasteiger partial charge in [0.05, 0.1) is 12.6 Å². The first kappa shape index (κ1) is 18.2. The number of hydrogen-bond acceptors (Lipinski definition) is 2. The smallest absolute Gasteiger partial charge is 0.407 e. The predicted molar refractivity (Wildman–Crippen MR) is 82.2 cm³/mol. The molecule has 0 saturated heterocycles. The highest BCUT2D eigenvalue weighted by molar-refractivity contribution is 6.74. The van der Waals surface area contributed by atoms with Crippen molar-refractivity contribution in [3.05, 3.63) is 12.2 Å². The minimum atomic E-state index is -1.83. The van der Waals surface area contributed by atoms with Gasteiger partial charge < -0.3 is 9.53 Å². The van der Waals surface area contributed by atoms with Crippen molar-refractivity contribution in [3.63, 3.8) is 0 Å². The Labute approximate surface area is 118 Å². The molecule has 0 aliphatic heterocycles. The zero-order valence-electron chi connectivity index (χ0n) is 13.4. The lowest BCUT2D eigenvalue weighted by Gasteiger charge is -2.38. The Kier molecular flexibility index (Phi) is 6.29. The molecule has 1 atom stereocenters. The summed E-state index contributed by atoms with van der Waals surface area (Å²) in [4.78, 5) is 12.6. The van der Waals surface area contributed by atoms with E-state index in [1.54, 1.807) is 0 Å². The second-order valence-electron chi connectivity index (χ2n) is 6.79. The SMILES string of the molecule is C=C(C)CN(C(=O)O)[C@@H](C)CO[Si](C)(C)C(C)(C)C. The molecule has 0 fully saturated rings. The van der Waals surface area contributed by atoms with Gasteiger partial charge in [-0.3, -0.25) is 4.90 Å². The predicted octanol–water partition coefficient (Wildman–Crippen LogP) is 3.95. The van der Waals surface area contributed by atoms with Gasteiger partial charge in [-0.05, 0) is 32.0 Å². The molecule has 0 aromatic rings. The molecule has 4 nitrogen and oxygen atoms in total. The molecule has 0 heterocycles. The maximum absolute atomic E-state index is 11.2. The minimum absolute atomic E-state index is 0.134. The lowest BCUT2D eigenvalue weighted by Crippen LogP contribution is -2.47. The van der Waals surface area contributed by atoms with E-state index in [1.807, 2.05) is 13.8 Å². The normalized spacial score (nSPS) is 14.1. The van der Waals surface area contributed by atoms with E-state index in [0.29, 0.717) is 13.2 Å². The van der Waals surface area contributed by atoms with Gasteiger partial charge >= 0.3 is 6.09 Å². The van der Waals surface area contributed by atoms with Crippen LogP contribution in [-0.4, -0.2) is 43.6 Å². The molecular formula is C14H29NO3Si. The molecule has 0 rings (SSSR count). The minimum Gasteiger partial charge on any atom is -0.465 e. The van der Waals surface area contributed by atoms with E-state index in [2.05, 4.69) is 40.4 Å². The van der Waals surface area contributed by atoms with Gasteiger partial charge in [0.15, 0.2) is 8.32 Å². The summed E-state index contributed by atoms with van der Waals surface area (Å²) in [6.45, 7) is 19.1. The molecule has 19 heavy (non-hydrogen) atoms. The van der Waals surface area contributed by atoms with Gasteiger partial charge in [-0.2, -0.15) is 0 Å². The van der Waals surface area contributed by atoms with Crippen molar-refractivity contribution in [2.45, 2.75) is 58.8 Å². The number of amides is 1. The Bertz CT molecular complexity index is 334. The first-order valence-electron chi connectivity index (χ1n) is 6.66. The van der Waals surface area contributed by atoms with Gasteiger partial charge in [0.25, 0.3) is 0 Å². The van der Waals surface area contributed by atoms with Gasteiger partial charge in [0.2, 0.25) is 0 Å². The van der Waals surface area contributed by atoms with Crippen molar-refractivity contribution in [1.82, 2.24) is 4.90 Å². The monoisotopic (exact) mass is 287 g/mol. The maximum atomic E-state index is 11.2. The summed E-state index contributed by atoms with van der Waals surface area (Å²) >= 11 is 0. The lowest BCUT2D eigenvalue weighted by atomic mass is 10.2. The Morgan fingerprint density at radius 1 is 1.42 bits per heavy atom. The first-order valence-corrected chi connectivity index (χ1v) is 9.57. The van der Waals surface area contributed by atoms with Crippen LogP contribution in [0.3, 0.4) is 0 Å². The van der Waals surface area contributed by atoms with E-state index >= 15 is 0 Å². The van der Waals surface area contributed by atoms with Crippen molar-refractivity contribution in [1.29, 1.82) is 0 Å². The van der Waals surface area contributed by atoms with E-state index in [0.717, 1.165) is 5.57 Å². The molecule has 1 amide bonds. The van der Waals surface area contributed by atoms with Gasteiger partial charge in [0.1, 0.15) is 0 Å². The average molecular weight is 287 g/mol. The Balaban J connectivity index is 4.63. The number of rotatable bonds is 6. The fourth-order valence-corrected chi connectivity index (χ4v) is 2.43. The summed E-state index contributed by atoms with van der Waals surface area (Å²) in [6.07, 6.45) is -0.922. The highest BCUT2D eigenvalue weighted by atomic mass is 28.4. The lowest BCUT2D eigenvalue weighted by molar-refractivity contribution is 0.111. The summed E-state index contributed by atoms with van der Waals surface area (Å²) in [6, 6.07) is -0.164. The first-order chi connectivity index (χ1) is 8.38. The molecule has 0 radical (unpaired) electrons. The number of nitrogens with zero attached hydrogens (tertiary/aromatic N) is 1. The summed E-state index contributed by atoms with van der Waals surface area (Å²) in [5.74, 6) is 0. The van der Waals surface area contributed by atoms with Crippen LogP contribution in [0.4, 0.5) is 4.79 Å². The molecule has 1 N–H and O–H groups in total. The molecule has 112 valence electrons. The standard InChI is InChI=1S/C14H29NO3Si/c1-11(2)9-15(13(16)17)12(3)10-18-19(7,8)14(4,5)6/h12H,1,9-10H2,2-8H3,(H,16,17)/t12-/m0/s1. The molecule has 0 aliphatic carbocycles. The molecule has 0 bridgehead atoms. The van der Waals surface area contributed by atoms with E-state index in [9.17, 15) is 9.90 Å². The summed E-state index contributed by atoms with van der Waals surface area (Å²) in [5, 5.41) is 9.36. The van der Waals surface area contributed by atoms with Gasteiger partial charge in [-0.15, -0.1) is 0 Å². The summed E-state index contributed by atoms with van der Waals surface area (Å²) in [5.41, 5.74) is 0.835.